The van der Waals surface area contributed by atoms with E-state index in [0.717, 1.165) is 36.5 Å². The highest BCUT2D eigenvalue weighted by Gasteiger charge is 2.31. The maximum absolute atomic E-state index is 12.3. The topological polar surface area (TPSA) is 0 Å². The molecule has 0 saturated heterocycles. The second kappa shape index (κ2) is 7.24. The first-order valence-electron chi connectivity index (χ1n) is 9.23. The molecule has 0 N–H and O–H groups in total. The van der Waals surface area contributed by atoms with Gasteiger partial charge in [0.15, 0.2) is 0 Å². The van der Waals surface area contributed by atoms with Crippen molar-refractivity contribution in [2.45, 2.75) is 77.0 Å². The second-order valence-corrected chi connectivity index (χ2v) is 7.93. The Morgan fingerprint density at radius 3 is 1.52 bits per heavy atom. The number of hydrogen-bond acceptors (Lipinski definition) is 0. The van der Waals surface area contributed by atoms with Gasteiger partial charge in [0, 0.05) is 0 Å². The van der Waals surface area contributed by atoms with E-state index >= 15 is 0 Å². The van der Waals surface area contributed by atoms with Gasteiger partial charge in [-0.2, -0.15) is 8.78 Å². The minimum absolute atomic E-state index is 0.154. The Labute approximate surface area is 128 Å². The van der Waals surface area contributed by atoms with E-state index in [4.69, 9.17) is 0 Å². The Bertz CT molecular complexity index is 339. The number of hydrogen-bond donors (Lipinski definition) is 0. The van der Waals surface area contributed by atoms with Gasteiger partial charge in [-0.1, -0.05) is 38.5 Å². The first kappa shape index (κ1) is 15.5. The lowest BCUT2D eigenvalue weighted by atomic mass is 9.68. The fraction of sp³-hybridized carbons (Fsp3) is 0.895. The SMILES string of the molecule is FC(F)=CC1CCC(C2CCC(CCC3CC3)CC2)CC1. The maximum atomic E-state index is 12.3. The summed E-state index contributed by atoms with van der Waals surface area (Å²) in [6.07, 6.45) is 15.7. The molecule has 0 bridgehead atoms. The van der Waals surface area contributed by atoms with Gasteiger partial charge in [0.05, 0.1) is 0 Å². The lowest BCUT2D eigenvalue weighted by Gasteiger charge is -2.37. The van der Waals surface area contributed by atoms with Crippen LogP contribution in [-0.2, 0) is 0 Å². The highest BCUT2D eigenvalue weighted by atomic mass is 19.3. The van der Waals surface area contributed by atoms with Crippen LogP contribution in [0.1, 0.15) is 77.0 Å². The van der Waals surface area contributed by atoms with Gasteiger partial charge >= 0.3 is 0 Å². The molecule has 0 atom stereocenters. The van der Waals surface area contributed by atoms with E-state index in [2.05, 4.69) is 0 Å². The van der Waals surface area contributed by atoms with Crippen molar-refractivity contribution in [3.63, 3.8) is 0 Å². The quantitative estimate of drug-likeness (QED) is 0.538. The van der Waals surface area contributed by atoms with E-state index in [9.17, 15) is 8.78 Å². The van der Waals surface area contributed by atoms with E-state index in [1.807, 2.05) is 0 Å². The first-order chi connectivity index (χ1) is 10.2. The Balaban J connectivity index is 1.36. The maximum Gasteiger partial charge on any atom is 0.266 e. The summed E-state index contributed by atoms with van der Waals surface area (Å²) in [4.78, 5) is 0. The molecule has 3 aliphatic carbocycles. The molecule has 3 saturated carbocycles. The third kappa shape index (κ3) is 4.79. The number of rotatable bonds is 5. The van der Waals surface area contributed by atoms with Crippen molar-refractivity contribution in [2.24, 2.45) is 29.6 Å². The summed E-state index contributed by atoms with van der Waals surface area (Å²) in [5.41, 5.74) is 0. The zero-order valence-electron chi connectivity index (χ0n) is 13.2. The average molecular weight is 296 g/mol. The molecule has 0 spiro atoms. The number of halogens is 2. The Kier molecular flexibility index (Phi) is 5.34. The molecule has 0 aromatic carbocycles. The van der Waals surface area contributed by atoms with Gasteiger partial charge in [0.2, 0.25) is 0 Å². The van der Waals surface area contributed by atoms with Gasteiger partial charge in [-0.15, -0.1) is 0 Å². The normalized spacial score (nSPS) is 37.2. The highest BCUT2D eigenvalue weighted by molar-refractivity contribution is 4.92. The van der Waals surface area contributed by atoms with Crippen LogP contribution in [-0.4, -0.2) is 0 Å². The van der Waals surface area contributed by atoms with Crippen molar-refractivity contribution < 1.29 is 8.78 Å². The van der Waals surface area contributed by atoms with Gasteiger partial charge in [-0.3, -0.25) is 0 Å². The second-order valence-electron chi connectivity index (χ2n) is 7.93. The zero-order chi connectivity index (χ0) is 14.7. The molecule has 0 unspecified atom stereocenters. The van der Waals surface area contributed by atoms with Crippen LogP contribution in [0.15, 0.2) is 12.2 Å². The summed E-state index contributed by atoms with van der Waals surface area (Å²) in [6, 6.07) is 0. The van der Waals surface area contributed by atoms with Crippen molar-refractivity contribution in [1.82, 2.24) is 0 Å². The van der Waals surface area contributed by atoms with Crippen LogP contribution in [0.3, 0.4) is 0 Å². The molecular weight excluding hydrogens is 266 g/mol. The fourth-order valence-corrected chi connectivity index (χ4v) is 4.79. The van der Waals surface area contributed by atoms with Crippen LogP contribution in [0, 0.1) is 29.6 Å². The van der Waals surface area contributed by atoms with E-state index in [0.29, 0.717) is 0 Å². The lowest BCUT2D eigenvalue weighted by Crippen LogP contribution is -2.25. The van der Waals surface area contributed by atoms with Crippen LogP contribution >= 0.6 is 0 Å². The minimum atomic E-state index is -1.48. The molecule has 2 heteroatoms. The average Bonchev–Trinajstić information content (AvgIpc) is 3.30. The summed E-state index contributed by atoms with van der Waals surface area (Å²) in [5.74, 6) is 3.98. The Hall–Kier alpha value is -0.400. The Morgan fingerprint density at radius 2 is 1.10 bits per heavy atom. The van der Waals surface area contributed by atoms with Crippen LogP contribution < -0.4 is 0 Å². The van der Waals surface area contributed by atoms with Crippen LogP contribution in [0.5, 0.6) is 0 Å². The summed E-state index contributed by atoms with van der Waals surface area (Å²) in [5, 5.41) is 0. The van der Waals surface area contributed by atoms with Crippen molar-refractivity contribution >= 4 is 0 Å². The van der Waals surface area contributed by atoms with E-state index in [1.54, 1.807) is 0 Å². The van der Waals surface area contributed by atoms with Gasteiger partial charge in [0.1, 0.15) is 0 Å². The molecule has 0 aromatic heterocycles. The standard InChI is InChI=1S/C19H30F2/c20-19(21)13-16-7-11-18(12-8-16)17-9-5-15(6-10-17)4-3-14-1-2-14/h13-18H,1-12H2. The van der Waals surface area contributed by atoms with E-state index in [1.165, 1.54) is 70.3 Å². The summed E-state index contributed by atoms with van der Waals surface area (Å²) in [6.45, 7) is 0. The molecule has 3 fully saturated rings. The molecule has 0 heterocycles. The van der Waals surface area contributed by atoms with Crippen LogP contribution in [0.2, 0.25) is 0 Å². The molecule has 0 nitrogen and oxygen atoms in total. The molecular formula is C19H30F2. The molecule has 0 amide bonds. The number of allylic oxidation sites excluding steroid dienone is 1. The zero-order valence-corrected chi connectivity index (χ0v) is 13.2. The summed E-state index contributed by atoms with van der Waals surface area (Å²) < 4.78 is 24.6. The fourth-order valence-electron chi connectivity index (χ4n) is 4.79. The van der Waals surface area contributed by atoms with Crippen molar-refractivity contribution in [1.29, 1.82) is 0 Å². The molecule has 0 aromatic rings. The van der Waals surface area contributed by atoms with Crippen LogP contribution in [0.25, 0.3) is 0 Å². The molecule has 0 radical (unpaired) electrons. The van der Waals surface area contributed by atoms with Gasteiger partial charge in [-0.05, 0) is 74.2 Å². The molecule has 3 aliphatic rings. The van der Waals surface area contributed by atoms with Gasteiger partial charge < -0.3 is 0 Å². The van der Waals surface area contributed by atoms with Gasteiger partial charge in [0.25, 0.3) is 6.08 Å². The molecule has 21 heavy (non-hydrogen) atoms. The van der Waals surface area contributed by atoms with E-state index in [-0.39, 0.29) is 5.92 Å². The molecule has 3 rings (SSSR count). The summed E-state index contributed by atoms with van der Waals surface area (Å²) in [7, 11) is 0. The first-order valence-corrected chi connectivity index (χ1v) is 9.23. The third-order valence-electron chi connectivity index (χ3n) is 6.42. The predicted molar refractivity (Wildman–Crippen MR) is 83.2 cm³/mol. The van der Waals surface area contributed by atoms with Crippen molar-refractivity contribution in [2.75, 3.05) is 0 Å². The van der Waals surface area contributed by atoms with Crippen molar-refractivity contribution in [3.05, 3.63) is 12.2 Å². The lowest BCUT2D eigenvalue weighted by molar-refractivity contribution is 0.150. The summed E-state index contributed by atoms with van der Waals surface area (Å²) >= 11 is 0. The monoisotopic (exact) mass is 296 g/mol. The highest BCUT2D eigenvalue weighted by Crippen LogP contribution is 2.44. The predicted octanol–water partition coefficient (Wildman–Crippen LogP) is 6.57. The largest absolute Gasteiger partial charge is 0.266 e. The molecule has 120 valence electrons. The van der Waals surface area contributed by atoms with E-state index < -0.39 is 6.08 Å². The molecule has 0 aliphatic heterocycles. The van der Waals surface area contributed by atoms with Crippen LogP contribution in [0.4, 0.5) is 8.78 Å². The third-order valence-corrected chi connectivity index (χ3v) is 6.42. The van der Waals surface area contributed by atoms with Crippen molar-refractivity contribution in [3.8, 4) is 0 Å². The van der Waals surface area contributed by atoms with Gasteiger partial charge in [-0.25, -0.2) is 0 Å². The minimum Gasteiger partial charge on any atom is -0.174 e. The smallest absolute Gasteiger partial charge is 0.174 e. The Morgan fingerprint density at radius 1 is 0.667 bits per heavy atom.